The summed E-state index contributed by atoms with van der Waals surface area (Å²) in [7, 11) is 0. The van der Waals surface area contributed by atoms with Gasteiger partial charge in [-0.15, -0.1) is 0 Å². The van der Waals surface area contributed by atoms with E-state index in [4.69, 9.17) is 9.68 Å². The van der Waals surface area contributed by atoms with Crippen LogP contribution in [0.2, 0.25) is 0 Å². The number of carbonyl (C=O) groups excluding carboxylic acids is 1. The summed E-state index contributed by atoms with van der Waals surface area (Å²) in [6.45, 7) is 5.65. The minimum atomic E-state index is -1.00. The van der Waals surface area contributed by atoms with Gasteiger partial charge in [0.15, 0.2) is 0 Å². The van der Waals surface area contributed by atoms with E-state index in [1.165, 1.54) is 12.3 Å². The van der Waals surface area contributed by atoms with Crippen molar-refractivity contribution in [1.82, 2.24) is 5.32 Å². The lowest BCUT2D eigenvalue weighted by Gasteiger charge is -2.29. The Balaban J connectivity index is 2.69. The zero-order chi connectivity index (χ0) is 15.2. The Morgan fingerprint density at radius 2 is 2.40 bits per heavy atom. The second-order valence-electron chi connectivity index (χ2n) is 5.03. The summed E-state index contributed by atoms with van der Waals surface area (Å²) < 4.78 is 5.06. The third-order valence-corrected chi connectivity index (χ3v) is 3.48. The molecule has 0 spiro atoms. The monoisotopic (exact) mass is 276 g/mol. The highest BCUT2D eigenvalue weighted by molar-refractivity contribution is 6.01. The van der Waals surface area contributed by atoms with E-state index in [2.05, 4.69) is 5.32 Å². The number of rotatable bonds is 6. The summed E-state index contributed by atoms with van der Waals surface area (Å²) in [6.07, 6.45) is 3.63. The minimum absolute atomic E-state index is 0.0439. The molecule has 0 aliphatic heterocycles. The lowest BCUT2D eigenvalue weighted by Crippen LogP contribution is -2.45. The van der Waals surface area contributed by atoms with Crippen LogP contribution in [0.4, 0.5) is 0 Å². The maximum absolute atomic E-state index is 11.9. The highest BCUT2D eigenvalue weighted by Gasteiger charge is 2.27. The quantitative estimate of drug-likeness (QED) is 0.615. The third kappa shape index (κ3) is 4.25. The van der Waals surface area contributed by atoms with Crippen molar-refractivity contribution in [2.45, 2.75) is 32.8 Å². The Kier molecular flexibility index (Phi) is 5.53. The van der Waals surface area contributed by atoms with Gasteiger partial charge in [0.2, 0.25) is 0 Å². The third-order valence-electron chi connectivity index (χ3n) is 3.48. The van der Waals surface area contributed by atoms with Crippen LogP contribution >= 0.6 is 0 Å². The number of hydrogen-bond donors (Lipinski definition) is 2. The second kappa shape index (κ2) is 6.92. The fourth-order valence-electron chi connectivity index (χ4n) is 1.63. The zero-order valence-electron chi connectivity index (χ0n) is 12.0. The van der Waals surface area contributed by atoms with Gasteiger partial charge in [-0.05, 0) is 25.0 Å². The highest BCUT2D eigenvalue weighted by Crippen LogP contribution is 2.19. The predicted octanol–water partition coefficient (Wildman–Crippen LogP) is 2.10. The molecule has 0 aliphatic rings. The van der Waals surface area contributed by atoms with Crippen LogP contribution in [0.3, 0.4) is 0 Å². The van der Waals surface area contributed by atoms with Gasteiger partial charge in [-0.25, -0.2) is 0 Å². The summed E-state index contributed by atoms with van der Waals surface area (Å²) in [6, 6.07) is 5.15. The minimum Gasteiger partial charge on any atom is -0.465 e. The van der Waals surface area contributed by atoms with E-state index in [1.54, 1.807) is 19.1 Å². The number of aliphatic hydroxyl groups is 1. The standard InChI is InChI=1S/C15H20N2O3/c1-4-11(2)15(3,19)10-17-14(18)12(9-16)8-13-6-5-7-20-13/h5-8,11,19H,4,10H2,1-3H3,(H,17,18)/b12-8-/t11-,15+/m0/s1. The maximum Gasteiger partial charge on any atom is 0.262 e. The number of amides is 1. The number of hydrogen-bond acceptors (Lipinski definition) is 4. The molecule has 0 aromatic carbocycles. The molecule has 5 nitrogen and oxygen atoms in total. The van der Waals surface area contributed by atoms with Gasteiger partial charge in [0.05, 0.1) is 11.9 Å². The Hall–Kier alpha value is -2.06. The van der Waals surface area contributed by atoms with Crippen LogP contribution in [0.1, 0.15) is 33.0 Å². The molecular weight excluding hydrogens is 256 g/mol. The fourth-order valence-corrected chi connectivity index (χ4v) is 1.63. The maximum atomic E-state index is 11.9. The summed E-state index contributed by atoms with van der Waals surface area (Å²) in [4.78, 5) is 11.9. The van der Waals surface area contributed by atoms with E-state index in [0.29, 0.717) is 5.76 Å². The van der Waals surface area contributed by atoms with Crippen molar-refractivity contribution >= 4 is 12.0 Å². The van der Waals surface area contributed by atoms with Crippen molar-refractivity contribution in [2.75, 3.05) is 6.54 Å². The Morgan fingerprint density at radius 1 is 1.70 bits per heavy atom. The molecule has 2 atom stereocenters. The van der Waals surface area contributed by atoms with Crippen molar-refractivity contribution in [3.8, 4) is 6.07 Å². The molecule has 1 aromatic heterocycles. The highest BCUT2D eigenvalue weighted by atomic mass is 16.3. The van der Waals surface area contributed by atoms with Gasteiger partial charge in [0, 0.05) is 12.6 Å². The molecule has 0 radical (unpaired) electrons. The lowest BCUT2D eigenvalue weighted by atomic mass is 9.88. The van der Waals surface area contributed by atoms with Crippen molar-refractivity contribution < 1.29 is 14.3 Å². The molecule has 0 saturated heterocycles. The molecular formula is C15H20N2O3. The van der Waals surface area contributed by atoms with Gasteiger partial charge >= 0.3 is 0 Å². The lowest BCUT2D eigenvalue weighted by molar-refractivity contribution is -0.118. The van der Waals surface area contributed by atoms with E-state index < -0.39 is 11.5 Å². The molecule has 1 aromatic rings. The van der Waals surface area contributed by atoms with Crippen LogP contribution in [0.25, 0.3) is 6.08 Å². The van der Waals surface area contributed by atoms with Crippen molar-refractivity contribution in [1.29, 1.82) is 5.26 Å². The van der Waals surface area contributed by atoms with E-state index in [9.17, 15) is 9.90 Å². The molecule has 1 amide bonds. The topological polar surface area (TPSA) is 86.3 Å². The van der Waals surface area contributed by atoms with Crippen molar-refractivity contribution in [2.24, 2.45) is 5.92 Å². The van der Waals surface area contributed by atoms with Crippen LogP contribution in [-0.2, 0) is 4.79 Å². The van der Waals surface area contributed by atoms with E-state index in [0.717, 1.165) is 6.42 Å². The second-order valence-corrected chi connectivity index (χ2v) is 5.03. The molecule has 108 valence electrons. The van der Waals surface area contributed by atoms with Gasteiger partial charge in [0.25, 0.3) is 5.91 Å². The number of nitrogens with one attached hydrogen (secondary N) is 1. The molecule has 0 unspecified atom stereocenters. The first-order valence-corrected chi connectivity index (χ1v) is 6.56. The van der Waals surface area contributed by atoms with Crippen molar-refractivity contribution in [3.05, 3.63) is 29.7 Å². The molecule has 1 heterocycles. The van der Waals surface area contributed by atoms with E-state index >= 15 is 0 Å². The van der Waals surface area contributed by atoms with Crippen LogP contribution in [0, 0.1) is 17.2 Å². The molecule has 0 aliphatic carbocycles. The van der Waals surface area contributed by atoms with Crippen LogP contribution < -0.4 is 5.32 Å². The molecule has 0 saturated carbocycles. The van der Waals surface area contributed by atoms with Gasteiger partial charge in [-0.2, -0.15) is 5.26 Å². The largest absolute Gasteiger partial charge is 0.465 e. The first-order chi connectivity index (χ1) is 9.40. The molecule has 2 N–H and O–H groups in total. The summed E-state index contributed by atoms with van der Waals surface area (Å²) >= 11 is 0. The summed E-state index contributed by atoms with van der Waals surface area (Å²) in [5.74, 6) is -0.0414. The van der Waals surface area contributed by atoms with Gasteiger partial charge in [-0.3, -0.25) is 4.79 Å². The van der Waals surface area contributed by atoms with Gasteiger partial charge < -0.3 is 14.8 Å². The first kappa shape index (κ1) is 16.0. The summed E-state index contributed by atoms with van der Waals surface area (Å²) in [5.41, 5.74) is -1.06. The average Bonchev–Trinajstić information content (AvgIpc) is 2.94. The van der Waals surface area contributed by atoms with Crippen LogP contribution in [-0.4, -0.2) is 23.2 Å². The van der Waals surface area contributed by atoms with Gasteiger partial charge in [0.1, 0.15) is 17.4 Å². The molecule has 1 rings (SSSR count). The number of nitriles is 1. The number of carbonyl (C=O) groups is 1. The number of furan rings is 1. The average molecular weight is 276 g/mol. The van der Waals surface area contributed by atoms with E-state index in [1.807, 2.05) is 19.9 Å². The van der Waals surface area contributed by atoms with Crippen LogP contribution in [0.5, 0.6) is 0 Å². The summed E-state index contributed by atoms with van der Waals surface area (Å²) in [5, 5.41) is 21.8. The predicted molar refractivity (Wildman–Crippen MR) is 75.4 cm³/mol. The molecule has 5 heteroatoms. The number of nitrogens with zero attached hydrogens (tertiary/aromatic N) is 1. The molecule has 20 heavy (non-hydrogen) atoms. The normalized spacial score (nSPS) is 16.1. The Morgan fingerprint density at radius 3 is 2.90 bits per heavy atom. The SMILES string of the molecule is CC[C@H](C)[C@](C)(O)CNC(=O)/C(C#N)=C\c1ccco1. The molecule has 0 fully saturated rings. The van der Waals surface area contributed by atoms with Gasteiger partial charge in [-0.1, -0.05) is 20.3 Å². The Labute approximate surface area is 118 Å². The first-order valence-electron chi connectivity index (χ1n) is 6.56. The zero-order valence-corrected chi connectivity index (χ0v) is 12.0. The van der Waals surface area contributed by atoms with Crippen molar-refractivity contribution in [3.63, 3.8) is 0 Å². The smallest absolute Gasteiger partial charge is 0.262 e. The Bertz CT molecular complexity index is 510. The molecule has 0 bridgehead atoms. The van der Waals surface area contributed by atoms with Crippen LogP contribution in [0.15, 0.2) is 28.4 Å². The fraction of sp³-hybridized carbons (Fsp3) is 0.467. The van der Waals surface area contributed by atoms with E-state index in [-0.39, 0.29) is 18.0 Å².